The number of benzene rings is 2. The molecule has 2 fully saturated rings. The first-order chi connectivity index (χ1) is 14.4. The second kappa shape index (κ2) is 8.48. The fraction of sp³-hybridized carbons (Fsp3) is 0.520. The molecule has 5 nitrogen and oxygen atoms in total. The molecule has 0 amide bonds. The zero-order chi connectivity index (χ0) is 21.3. The van der Waals surface area contributed by atoms with Gasteiger partial charge in [0.1, 0.15) is 5.75 Å². The highest BCUT2D eigenvalue weighted by molar-refractivity contribution is 5.43. The van der Waals surface area contributed by atoms with Crippen LogP contribution in [-0.2, 0) is 12.1 Å². The summed E-state index contributed by atoms with van der Waals surface area (Å²) in [4.78, 5) is 2.57. The molecular formula is C25H33NO4. The van der Waals surface area contributed by atoms with Gasteiger partial charge in [0.2, 0.25) is 0 Å². The van der Waals surface area contributed by atoms with E-state index in [4.69, 9.17) is 14.2 Å². The Morgan fingerprint density at radius 1 is 0.967 bits per heavy atom. The molecule has 0 radical (unpaired) electrons. The van der Waals surface area contributed by atoms with Gasteiger partial charge in [0.15, 0.2) is 11.5 Å². The maximum absolute atomic E-state index is 11.5. The number of rotatable bonds is 7. The van der Waals surface area contributed by atoms with Gasteiger partial charge in [0.05, 0.1) is 25.9 Å². The summed E-state index contributed by atoms with van der Waals surface area (Å²) < 4.78 is 16.7. The third-order valence-electron chi connectivity index (χ3n) is 6.50. The Morgan fingerprint density at radius 3 is 2.20 bits per heavy atom. The summed E-state index contributed by atoms with van der Waals surface area (Å²) in [6.45, 7) is 4.90. The van der Waals surface area contributed by atoms with E-state index in [1.165, 1.54) is 5.56 Å². The van der Waals surface area contributed by atoms with Crippen LogP contribution in [0.15, 0.2) is 42.5 Å². The van der Waals surface area contributed by atoms with Crippen molar-refractivity contribution in [1.29, 1.82) is 0 Å². The molecule has 2 heterocycles. The van der Waals surface area contributed by atoms with E-state index in [1.54, 1.807) is 14.2 Å². The van der Waals surface area contributed by atoms with Crippen LogP contribution in [0, 0.1) is 0 Å². The molecule has 0 spiro atoms. The Kier molecular flexibility index (Phi) is 5.94. The largest absolute Gasteiger partial charge is 0.497 e. The van der Waals surface area contributed by atoms with Crippen LogP contribution in [0.25, 0.3) is 0 Å². The fourth-order valence-corrected chi connectivity index (χ4v) is 5.08. The van der Waals surface area contributed by atoms with Gasteiger partial charge in [-0.25, -0.2) is 0 Å². The van der Waals surface area contributed by atoms with Crippen LogP contribution in [0.3, 0.4) is 0 Å². The van der Waals surface area contributed by atoms with E-state index in [1.807, 2.05) is 44.2 Å². The van der Waals surface area contributed by atoms with Crippen LogP contribution >= 0.6 is 0 Å². The van der Waals surface area contributed by atoms with E-state index in [0.29, 0.717) is 12.1 Å². The second-order valence-electron chi connectivity index (χ2n) is 8.88. The van der Waals surface area contributed by atoms with Gasteiger partial charge < -0.3 is 19.3 Å². The van der Waals surface area contributed by atoms with Crippen molar-refractivity contribution in [3.63, 3.8) is 0 Å². The monoisotopic (exact) mass is 411 g/mol. The molecule has 0 saturated carbocycles. The van der Waals surface area contributed by atoms with E-state index in [9.17, 15) is 5.11 Å². The standard InChI is InChI=1S/C25H33NO4/c1-17(2)30-23-12-5-18(13-24(23)29-4)16-26-20-8-9-21(26)15-25(27,14-20)19-6-10-22(28-3)11-7-19/h5-7,10-13,17,20-21,27H,8-9,14-16H2,1-4H3/t20-,21+,25?. The number of ether oxygens (including phenoxy) is 3. The summed E-state index contributed by atoms with van der Waals surface area (Å²) in [5, 5.41) is 11.5. The summed E-state index contributed by atoms with van der Waals surface area (Å²) in [6.07, 6.45) is 3.91. The van der Waals surface area contributed by atoms with Gasteiger partial charge in [0.25, 0.3) is 0 Å². The van der Waals surface area contributed by atoms with Gasteiger partial charge >= 0.3 is 0 Å². The summed E-state index contributed by atoms with van der Waals surface area (Å²) in [7, 11) is 3.35. The molecule has 0 aliphatic carbocycles. The number of hydrogen-bond acceptors (Lipinski definition) is 5. The van der Waals surface area contributed by atoms with E-state index < -0.39 is 5.60 Å². The summed E-state index contributed by atoms with van der Waals surface area (Å²) in [5.74, 6) is 2.38. The molecule has 1 unspecified atom stereocenters. The first-order valence-corrected chi connectivity index (χ1v) is 10.9. The van der Waals surface area contributed by atoms with E-state index in [2.05, 4.69) is 17.0 Å². The van der Waals surface area contributed by atoms with Crippen molar-refractivity contribution in [2.75, 3.05) is 14.2 Å². The van der Waals surface area contributed by atoms with Crippen LogP contribution in [0.5, 0.6) is 17.2 Å². The highest BCUT2D eigenvalue weighted by Crippen LogP contribution is 2.46. The minimum absolute atomic E-state index is 0.110. The quantitative estimate of drug-likeness (QED) is 0.727. The second-order valence-corrected chi connectivity index (χ2v) is 8.88. The molecule has 162 valence electrons. The Balaban J connectivity index is 1.49. The first kappa shape index (κ1) is 21.0. The number of methoxy groups -OCH3 is 2. The lowest BCUT2D eigenvalue weighted by Gasteiger charge is -2.44. The highest BCUT2D eigenvalue weighted by atomic mass is 16.5. The molecule has 2 bridgehead atoms. The predicted molar refractivity (Wildman–Crippen MR) is 117 cm³/mol. The molecule has 2 saturated heterocycles. The molecule has 0 aromatic heterocycles. The molecule has 3 atom stereocenters. The maximum Gasteiger partial charge on any atom is 0.161 e. The van der Waals surface area contributed by atoms with E-state index in [-0.39, 0.29) is 6.10 Å². The van der Waals surface area contributed by atoms with Crippen LogP contribution in [0.1, 0.15) is 50.7 Å². The number of aliphatic hydroxyl groups is 1. The lowest BCUT2D eigenvalue weighted by Crippen LogP contribution is -2.49. The van der Waals surface area contributed by atoms with Crippen molar-refractivity contribution in [1.82, 2.24) is 4.90 Å². The summed E-state index contributed by atoms with van der Waals surface area (Å²) in [6, 6.07) is 14.9. The normalized spacial score (nSPS) is 26.1. The van der Waals surface area contributed by atoms with Gasteiger partial charge in [-0.2, -0.15) is 0 Å². The molecular weight excluding hydrogens is 378 g/mol. The van der Waals surface area contributed by atoms with Gasteiger partial charge in [-0.1, -0.05) is 18.2 Å². The zero-order valence-corrected chi connectivity index (χ0v) is 18.4. The van der Waals surface area contributed by atoms with Crippen molar-refractivity contribution < 1.29 is 19.3 Å². The molecule has 4 rings (SSSR count). The van der Waals surface area contributed by atoms with Gasteiger partial charge in [-0.15, -0.1) is 0 Å². The molecule has 1 N–H and O–H groups in total. The first-order valence-electron chi connectivity index (χ1n) is 10.9. The summed E-state index contributed by atoms with van der Waals surface area (Å²) in [5.41, 5.74) is 1.45. The Labute approximate surface area is 179 Å². The van der Waals surface area contributed by atoms with E-state index >= 15 is 0 Å². The zero-order valence-electron chi connectivity index (χ0n) is 18.4. The third kappa shape index (κ3) is 4.14. The van der Waals surface area contributed by atoms with Gasteiger partial charge in [0, 0.05) is 18.6 Å². The molecule has 30 heavy (non-hydrogen) atoms. The smallest absolute Gasteiger partial charge is 0.161 e. The number of fused-ring (bicyclic) bond motifs is 2. The SMILES string of the molecule is COc1ccc(C2(O)C[C@H]3CC[C@@H](C2)N3Cc2ccc(OC(C)C)c(OC)c2)cc1. The minimum Gasteiger partial charge on any atom is -0.497 e. The molecule has 2 aromatic carbocycles. The fourth-order valence-electron chi connectivity index (χ4n) is 5.08. The summed E-state index contributed by atoms with van der Waals surface area (Å²) >= 11 is 0. The Morgan fingerprint density at radius 2 is 1.63 bits per heavy atom. The topological polar surface area (TPSA) is 51.2 Å². The van der Waals surface area contributed by atoms with E-state index in [0.717, 1.165) is 55.0 Å². The molecule has 5 heteroatoms. The van der Waals surface area contributed by atoms with Crippen molar-refractivity contribution in [2.24, 2.45) is 0 Å². The van der Waals surface area contributed by atoms with Crippen molar-refractivity contribution in [2.45, 2.75) is 69.9 Å². The lowest BCUT2D eigenvalue weighted by atomic mass is 9.80. The Hall–Kier alpha value is -2.24. The maximum atomic E-state index is 11.5. The van der Waals surface area contributed by atoms with Crippen molar-refractivity contribution in [3.8, 4) is 17.2 Å². The molecule has 2 aromatic rings. The minimum atomic E-state index is -0.763. The third-order valence-corrected chi connectivity index (χ3v) is 6.50. The van der Waals surface area contributed by atoms with Crippen molar-refractivity contribution in [3.05, 3.63) is 53.6 Å². The van der Waals surface area contributed by atoms with Gasteiger partial charge in [-0.3, -0.25) is 4.90 Å². The number of piperidine rings is 1. The molecule has 2 aliphatic rings. The van der Waals surface area contributed by atoms with Crippen LogP contribution < -0.4 is 14.2 Å². The van der Waals surface area contributed by atoms with Crippen molar-refractivity contribution >= 4 is 0 Å². The van der Waals surface area contributed by atoms with Crippen LogP contribution in [0.2, 0.25) is 0 Å². The Bertz CT molecular complexity index is 850. The number of nitrogens with zero attached hydrogens (tertiary/aromatic N) is 1. The lowest BCUT2D eigenvalue weighted by molar-refractivity contribution is -0.0595. The molecule has 2 aliphatic heterocycles. The average Bonchev–Trinajstić information content (AvgIpc) is 2.98. The van der Waals surface area contributed by atoms with Crippen LogP contribution in [-0.4, -0.2) is 42.4 Å². The highest BCUT2D eigenvalue weighted by Gasteiger charge is 2.48. The van der Waals surface area contributed by atoms with Crippen LogP contribution in [0.4, 0.5) is 0 Å². The average molecular weight is 412 g/mol. The predicted octanol–water partition coefficient (Wildman–Crippen LogP) is 4.51. The van der Waals surface area contributed by atoms with Gasteiger partial charge in [-0.05, 0) is 74.9 Å². The number of hydrogen-bond donors (Lipinski definition) is 1.